The Bertz CT molecular complexity index is 502. The van der Waals surface area contributed by atoms with E-state index in [1.54, 1.807) is 6.07 Å². The summed E-state index contributed by atoms with van der Waals surface area (Å²) < 4.78 is 5.43. The van der Waals surface area contributed by atoms with E-state index >= 15 is 0 Å². The Kier molecular flexibility index (Phi) is 4.67. The normalized spacial score (nSPS) is 10.6. The molecule has 0 atom stereocenters. The lowest BCUT2D eigenvalue weighted by molar-refractivity contribution is 0.116. The molecule has 0 unspecified atom stereocenters. The zero-order valence-electron chi connectivity index (χ0n) is 10.3. The smallest absolute Gasteiger partial charge is 0.156 e. The molecule has 1 heterocycles. The molecule has 0 amide bonds. The molecule has 0 saturated carbocycles. The molecule has 3 nitrogen and oxygen atoms in total. The second-order valence-electron chi connectivity index (χ2n) is 3.91. The van der Waals surface area contributed by atoms with Crippen LogP contribution in [0.15, 0.2) is 36.4 Å². The predicted octanol–water partition coefficient (Wildman–Crippen LogP) is 3.72. The monoisotopic (exact) mass is 262 g/mol. The first-order valence-electron chi connectivity index (χ1n) is 5.96. The SMILES string of the molecule is CCCOCc1nc(Cl)cc(-c2ccccc2)n1. The highest BCUT2D eigenvalue weighted by Gasteiger charge is 2.05. The molecule has 0 fully saturated rings. The third-order valence-corrected chi connectivity index (χ3v) is 2.58. The van der Waals surface area contributed by atoms with Gasteiger partial charge in [0.25, 0.3) is 0 Å². The van der Waals surface area contributed by atoms with Gasteiger partial charge in [0.15, 0.2) is 5.82 Å². The molecule has 0 N–H and O–H groups in total. The lowest BCUT2D eigenvalue weighted by atomic mass is 10.1. The summed E-state index contributed by atoms with van der Waals surface area (Å²) in [5, 5.41) is 0.443. The highest BCUT2D eigenvalue weighted by Crippen LogP contribution is 2.19. The Hall–Kier alpha value is -1.45. The summed E-state index contributed by atoms with van der Waals surface area (Å²) in [6.07, 6.45) is 0.978. The topological polar surface area (TPSA) is 35.0 Å². The number of aromatic nitrogens is 2. The highest BCUT2D eigenvalue weighted by atomic mass is 35.5. The van der Waals surface area contributed by atoms with E-state index in [1.165, 1.54) is 0 Å². The molecule has 1 aromatic heterocycles. The third kappa shape index (κ3) is 3.52. The molecule has 94 valence electrons. The van der Waals surface area contributed by atoms with Crippen molar-refractivity contribution in [1.29, 1.82) is 0 Å². The summed E-state index contributed by atoms with van der Waals surface area (Å²) in [7, 11) is 0. The summed E-state index contributed by atoms with van der Waals surface area (Å²) in [5.41, 5.74) is 1.85. The molecule has 2 aromatic rings. The van der Waals surface area contributed by atoms with Crippen LogP contribution in [0.4, 0.5) is 0 Å². The van der Waals surface area contributed by atoms with Gasteiger partial charge in [-0.2, -0.15) is 0 Å². The van der Waals surface area contributed by atoms with E-state index in [4.69, 9.17) is 16.3 Å². The van der Waals surface area contributed by atoms with Crippen molar-refractivity contribution in [3.8, 4) is 11.3 Å². The number of ether oxygens (including phenoxy) is 1. The number of halogens is 1. The summed E-state index contributed by atoms with van der Waals surface area (Å²) in [6, 6.07) is 11.7. The Morgan fingerprint density at radius 3 is 2.67 bits per heavy atom. The molecular weight excluding hydrogens is 248 g/mol. The van der Waals surface area contributed by atoms with Crippen LogP contribution in [0, 0.1) is 0 Å². The van der Waals surface area contributed by atoms with Gasteiger partial charge in [0.2, 0.25) is 0 Å². The molecule has 1 aromatic carbocycles. The van der Waals surface area contributed by atoms with Gasteiger partial charge < -0.3 is 4.74 Å². The summed E-state index contributed by atoms with van der Waals surface area (Å²) in [6.45, 7) is 3.17. The minimum Gasteiger partial charge on any atom is -0.373 e. The van der Waals surface area contributed by atoms with Crippen LogP contribution in [-0.4, -0.2) is 16.6 Å². The first-order chi connectivity index (χ1) is 8.79. The number of hydrogen-bond acceptors (Lipinski definition) is 3. The van der Waals surface area contributed by atoms with Crippen molar-refractivity contribution < 1.29 is 4.74 Å². The van der Waals surface area contributed by atoms with E-state index in [9.17, 15) is 0 Å². The van der Waals surface area contributed by atoms with Crippen LogP contribution >= 0.6 is 11.6 Å². The summed E-state index contributed by atoms with van der Waals surface area (Å²) >= 11 is 6.01. The average molecular weight is 263 g/mol. The minimum absolute atomic E-state index is 0.397. The molecule has 0 saturated heterocycles. The fourth-order valence-electron chi connectivity index (χ4n) is 1.59. The maximum Gasteiger partial charge on any atom is 0.156 e. The zero-order valence-corrected chi connectivity index (χ0v) is 11.0. The van der Waals surface area contributed by atoms with E-state index in [0.29, 0.717) is 24.2 Å². The second-order valence-corrected chi connectivity index (χ2v) is 4.30. The molecule has 0 radical (unpaired) electrons. The predicted molar refractivity (Wildman–Crippen MR) is 72.4 cm³/mol. The maximum absolute atomic E-state index is 6.01. The molecule has 0 spiro atoms. The number of benzene rings is 1. The molecule has 18 heavy (non-hydrogen) atoms. The first-order valence-corrected chi connectivity index (χ1v) is 6.34. The maximum atomic E-state index is 6.01. The van der Waals surface area contributed by atoms with Crippen LogP contribution in [0.5, 0.6) is 0 Å². The van der Waals surface area contributed by atoms with Crippen molar-refractivity contribution in [2.24, 2.45) is 0 Å². The molecule has 2 rings (SSSR count). The lowest BCUT2D eigenvalue weighted by Gasteiger charge is -2.05. The van der Waals surface area contributed by atoms with E-state index in [2.05, 4.69) is 16.9 Å². The van der Waals surface area contributed by atoms with Crippen molar-refractivity contribution in [2.75, 3.05) is 6.61 Å². The Morgan fingerprint density at radius 2 is 1.94 bits per heavy atom. The van der Waals surface area contributed by atoms with Crippen LogP contribution in [0.25, 0.3) is 11.3 Å². The van der Waals surface area contributed by atoms with Crippen molar-refractivity contribution >= 4 is 11.6 Å². The standard InChI is InChI=1S/C14H15ClN2O/c1-2-8-18-10-14-16-12(9-13(15)17-14)11-6-4-3-5-7-11/h3-7,9H,2,8,10H2,1H3. The molecule has 4 heteroatoms. The summed E-state index contributed by atoms with van der Waals surface area (Å²) in [5.74, 6) is 0.620. The highest BCUT2D eigenvalue weighted by molar-refractivity contribution is 6.29. The molecular formula is C14H15ClN2O. The van der Waals surface area contributed by atoms with Gasteiger partial charge in [-0.1, -0.05) is 48.9 Å². The van der Waals surface area contributed by atoms with Crippen LogP contribution < -0.4 is 0 Å². The van der Waals surface area contributed by atoms with Crippen molar-refractivity contribution in [2.45, 2.75) is 20.0 Å². The van der Waals surface area contributed by atoms with Gasteiger partial charge in [-0.15, -0.1) is 0 Å². The Morgan fingerprint density at radius 1 is 1.17 bits per heavy atom. The summed E-state index contributed by atoms with van der Waals surface area (Å²) in [4.78, 5) is 8.62. The van der Waals surface area contributed by atoms with Crippen LogP contribution in [-0.2, 0) is 11.3 Å². The second kappa shape index (κ2) is 6.47. The van der Waals surface area contributed by atoms with Gasteiger partial charge in [0.1, 0.15) is 11.8 Å². The van der Waals surface area contributed by atoms with E-state index in [1.807, 2.05) is 30.3 Å². The lowest BCUT2D eigenvalue weighted by Crippen LogP contribution is -2.01. The molecule has 0 aliphatic heterocycles. The van der Waals surface area contributed by atoms with E-state index < -0.39 is 0 Å². The van der Waals surface area contributed by atoms with Crippen molar-refractivity contribution in [1.82, 2.24) is 9.97 Å². The Balaban J connectivity index is 2.21. The molecule has 0 aliphatic rings. The largest absolute Gasteiger partial charge is 0.373 e. The number of nitrogens with zero attached hydrogens (tertiary/aromatic N) is 2. The number of rotatable bonds is 5. The molecule has 0 aliphatic carbocycles. The fourth-order valence-corrected chi connectivity index (χ4v) is 1.79. The minimum atomic E-state index is 0.397. The zero-order chi connectivity index (χ0) is 12.8. The van der Waals surface area contributed by atoms with Gasteiger partial charge in [0, 0.05) is 18.2 Å². The van der Waals surface area contributed by atoms with Gasteiger partial charge >= 0.3 is 0 Å². The van der Waals surface area contributed by atoms with Gasteiger partial charge in [-0.3, -0.25) is 0 Å². The third-order valence-electron chi connectivity index (χ3n) is 2.39. The fraction of sp³-hybridized carbons (Fsp3) is 0.286. The first kappa shape index (κ1) is 13.0. The van der Waals surface area contributed by atoms with Crippen molar-refractivity contribution in [3.63, 3.8) is 0 Å². The van der Waals surface area contributed by atoms with E-state index in [-0.39, 0.29) is 0 Å². The van der Waals surface area contributed by atoms with Crippen LogP contribution in [0.2, 0.25) is 5.15 Å². The number of hydrogen-bond donors (Lipinski definition) is 0. The Labute approximate surface area is 112 Å². The molecule has 0 bridgehead atoms. The van der Waals surface area contributed by atoms with Crippen LogP contribution in [0.1, 0.15) is 19.2 Å². The quantitative estimate of drug-likeness (QED) is 0.608. The average Bonchev–Trinajstić information content (AvgIpc) is 2.39. The van der Waals surface area contributed by atoms with Crippen LogP contribution in [0.3, 0.4) is 0 Å². The van der Waals surface area contributed by atoms with Gasteiger partial charge in [0.05, 0.1) is 5.69 Å². The van der Waals surface area contributed by atoms with Gasteiger partial charge in [-0.25, -0.2) is 9.97 Å². The van der Waals surface area contributed by atoms with Gasteiger partial charge in [-0.05, 0) is 6.42 Å². The van der Waals surface area contributed by atoms with E-state index in [0.717, 1.165) is 17.7 Å². The van der Waals surface area contributed by atoms with Crippen molar-refractivity contribution in [3.05, 3.63) is 47.4 Å².